The molecule has 0 aromatic rings. The van der Waals surface area contributed by atoms with Crippen molar-refractivity contribution in [1.82, 2.24) is 4.90 Å². The summed E-state index contributed by atoms with van der Waals surface area (Å²) in [6.07, 6.45) is 4.06. The highest BCUT2D eigenvalue weighted by Crippen LogP contribution is 2.37. The maximum atomic E-state index is 5.86. The van der Waals surface area contributed by atoms with Crippen molar-refractivity contribution in [2.75, 3.05) is 19.6 Å². The van der Waals surface area contributed by atoms with Gasteiger partial charge in [-0.25, -0.2) is 0 Å². The summed E-state index contributed by atoms with van der Waals surface area (Å²) >= 11 is 0. The molecule has 102 valence electrons. The Morgan fingerprint density at radius 1 is 1.29 bits per heavy atom. The largest absolute Gasteiger partial charge is 0.330 e. The summed E-state index contributed by atoms with van der Waals surface area (Å²) in [5.74, 6) is 1.82. The van der Waals surface area contributed by atoms with Crippen LogP contribution in [0.2, 0.25) is 0 Å². The average Bonchev–Trinajstić information content (AvgIpc) is 2.14. The molecule has 0 radical (unpaired) electrons. The van der Waals surface area contributed by atoms with Gasteiger partial charge in [-0.05, 0) is 49.6 Å². The van der Waals surface area contributed by atoms with E-state index in [9.17, 15) is 0 Å². The quantitative estimate of drug-likeness (QED) is 0.741. The molecule has 2 heteroatoms. The number of nitrogens with two attached hydrogens (primary N) is 1. The highest BCUT2D eigenvalue weighted by Gasteiger charge is 2.36. The van der Waals surface area contributed by atoms with Gasteiger partial charge in [0.25, 0.3) is 0 Å². The van der Waals surface area contributed by atoms with Crippen molar-refractivity contribution < 1.29 is 0 Å². The van der Waals surface area contributed by atoms with Gasteiger partial charge in [0.1, 0.15) is 0 Å². The van der Waals surface area contributed by atoms with Crippen LogP contribution in [0.15, 0.2) is 0 Å². The standard InChI is InChI=1S/C15H32N2/c1-6-7-17(11-15(4,5)10-16)14-8-13(9-14)12(2)3/h12-14H,6-11,16H2,1-5H3. The third kappa shape index (κ3) is 4.26. The average molecular weight is 240 g/mol. The van der Waals surface area contributed by atoms with Crippen LogP contribution in [0.25, 0.3) is 0 Å². The Labute approximate surface area is 108 Å². The fraction of sp³-hybridized carbons (Fsp3) is 1.00. The number of hydrogen-bond donors (Lipinski definition) is 1. The van der Waals surface area contributed by atoms with Crippen molar-refractivity contribution in [2.24, 2.45) is 23.0 Å². The van der Waals surface area contributed by atoms with E-state index in [0.29, 0.717) is 0 Å². The van der Waals surface area contributed by atoms with Crippen LogP contribution in [0.3, 0.4) is 0 Å². The molecule has 0 heterocycles. The smallest absolute Gasteiger partial charge is 0.0101 e. The van der Waals surface area contributed by atoms with Gasteiger partial charge in [-0.1, -0.05) is 34.6 Å². The molecule has 2 nitrogen and oxygen atoms in total. The summed E-state index contributed by atoms with van der Waals surface area (Å²) in [5.41, 5.74) is 6.12. The highest BCUT2D eigenvalue weighted by atomic mass is 15.2. The minimum Gasteiger partial charge on any atom is -0.330 e. The first-order valence-corrected chi connectivity index (χ1v) is 7.33. The van der Waals surface area contributed by atoms with Crippen molar-refractivity contribution >= 4 is 0 Å². The Morgan fingerprint density at radius 2 is 1.88 bits per heavy atom. The zero-order valence-corrected chi connectivity index (χ0v) is 12.5. The Balaban J connectivity index is 2.45. The first-order valence-electron chi connectivity index (χ1n) is 7.33. The topological polar surface area (TPSA) is 29.3 Å². The molecule has 0 aromatic heterocycles. The maximum Gasteiger partial charge on any atom is 0.0101 e. The predicted molar refractivity (Wildman–Crippen MR) is 76.0 cm³/mol. The molecule has 0 spiro atoms. The van der Waals surface area contributed by atoms with E-state index in [1.165, 1.54) is 25.8 Å². The minimum absolute atomic E-state index is 0.262. The molecule has 0 bridgehead atoms. The lowest BCUT2D eigenvalue weighted by Crippen LogP contribution is -2.50. The SMILES string of the molecule is CCCN(CC(C)(C)CN)C1CC(C(C)C)C1. The molecule has 1 aliphatic carbocycles. The molecule has 0 saturated heterocycles. The van der Waals surface area contributed by atoms with Crippen LogP contribution in [0.4, 0.5) is 0 Å². The third-order valence-electron chi connectivity index (χ3n) is 4.30. The highest BCUT2D eigenvalue weighted by molar-refractivity contribution is 4.90. The van der Waals surface area contributed by atoms with Gasteiger partial charge in [0.15, 0.2) is 0 Å². The summed E-state index contributed by atoms with van der Waals surface area (Å²) in [4.78, 5) is 2.69. The molecule has 2 N–H and O–H groups in total. The van der Waals surface area contributed by atoms with Crippen molar-refractivity contribution in [3.05, 3.63) is 0 Å². The fourth-order valence-corrected chi connectivity index (χ4v) is 2.76. The molecule has 1 saturated carbocycles. The molecule has 0 amide bonds. The molecule has 0 atom stereocenters. The van der Waals surface area contributed by atoms with Crippen LogP contribution >= 0.6 is 0 Å². The van der Waals surface area contributed by atoms with E-state index in [4.69, 9.17) is 5.73 Å². The van der Waals surface area contributed by atoms with Gasteiger partial charge >= 0.3 is 0 Å². The number of rotatable bonds is 7. The molecule has 1 aliphatic rings. The van der Waals surface area contributed by atoms with Gasteiger partial charge in [-0.15, -0.1) is 0 Å². The van der Waals surface area contributed by atoms with Crippen LogP contribution in [-0.2, 0) is 0 Å². The first kappa shape index (κ1) is 15.0. The van der Waals surface area contributed by atoms with Crippen molar-refractivity contribution in [3.8, 4) is 0 Å². The van der Waals surface area contributed by atoms with E-state index in [1.807, 2.05) is 0 Å². The zero-order chi connectivity index (χ0) is 13.1. The molecule has 1 rings (SSSR count). The maximum absolute atomic E-state index is 5.86. The number of hydrogen-bond acceptors (Lipinski definition) is 2. The van der Waals surface area contributed by atoms with Crippen molar-refractivity contribution in [2.45, 2.75) is 59.9 Å². The lowest BCUT2D eigenvalue weighted by Gasteiger charge is -2.47. The molecular formula is C15H32N2. The van der Waals surface area contributed by atoms with Crippen LogP contribution in [0, 0.1) is 17.3 Å². The summed E-state index contributed by atoms with van der Waals surface area (Å²) in [5, 5.41) is 0. The van der Waals surface area contributed by atoms with Gasteiger partial charge in [0, 0.05) is 12.6 Å². The molecule has 0 aromatic carbocycles. The number of nitrogens with zero attached hydrogens (tertiary/aromatic N) is 1. The van der Waals surface area contributed by atoms with E-state index in [0.717, 1.165) is 31.0 Å². The first-order chi connectivity index (χ1) is 7.89. The van der Waals surface area contributed by atoms with Crippen molar-refractivity contribution in [1.29, 1.82) is 0 Å². The fourth-order valence-electron chi connectivity index (χ4n) is 2.76. The summed E-state index contributed by atoms with van der Waals surface area (Å²) in [6, 6.07) is 0.827. The summed E-state index contributed by atoms with van der Waals surface area (Å²) in [6.45, 7) is 14.7. The van der Waals surface area contributed by atoms with Gasteiger partial charge in [-0.3, -0.25) is 4.90 Å². The van der Waals surface area contributed by atoms with Crippen LogP contribution in [-0.4, -0.2) is 30.6 Å². The Hall–Kier alpha value is -0.0800. The Morgan fingerprint density at radius 3 is 2.29 bits per heavy atom. The lowest BCUT2D eigenvalue weighted by atomic mass is 9.72. The second-order valence-electron chi connectivity index (χ2n) is 6.97. The van der Waals surface area contributed by atoms with Crippen LogP contribution in [0.1, 0.15) is 53.9 Å². The van der Waals surface area contributed by atoms with Crippen molar-refractivity contribution in [3.63, 3.8) is 0 Å². The molecule has 0 unspecified atom stereocenters. The van der Waals surface area contributed by atoms with E-state index in [-0.39, 0.29) is 5.41 Å². The zero-order valence-electron chi connectivity index (χ0n) is 12.5. The minimum atomic E-state index is 0.262. The van der Waals surface area contributed by atoms with E-state index < -0.39 is 0 Å². The van der Waals surface area contributed by atoms with Gasteiger partial charge in [0.2, 0.25) is 0 Å². The van der Waals surface area contributed by atoms with Gasteiger partial charge in [0.05, 0.1) is 0 Å². The van der Waals surface area contributed by atoms with E-state index >= 15 is 0 Å². The normalized spacial score (nSPS) is 25.4. The molecule has 0 aliphatic heterocycles. The van der Waals surface area contributed by atoms with Crippen LogP contribution < -0.4 is 5.73 Å². The second-order valence-corrected chi connectivity index (χ2v) is 6.97. The summed E-state index contributed by atoms with van der Waals surface area (Å²) in [7, 11) is 0. The Bertz CT molecular complexity index is 217. The van der Waals surface area contributed by atoms with E-state index in [1.54, 1.807) is 0 Å². The predicted octanol–water partition coefficient (Wildman–Crippen LogP) is 3.12. The molecule has 1 fully saturated rings. The molecule has 17 heavy (non-hydrogen) atoms. The summed E-state index contributed by atoms with van der Waals surface area (Å²) < 4.78 is 0. The monoisotopic (exact) mass is 240 g/mol. The Kier molecular flexibility index (Phi) is 5.46. The van der Waals surface area contributed by atoms with E-state index in [2.05, 4.69) is 39.5 Å². The van der Waals surface area contributed by atoms with Gasteiger partial charge < -0.3 is 5.73 Å². The van der Waals surface area contributed by atoms with Gasteiger partial charge in [-0.2, -0.15) is 0 Å². The lowest BCUT2D eigenvalue weighted by molar-refractivity contribution is 0.0317. The second kappa shape index (κ2) is 6.19. The molecular weight excluding hydrogens is 208 g/mol. The van der Waals surface area contributed by atoms with Crippen LogP contribution in [0.5, 0.6) is 0 Å². The third-order valence-corrected chi connectivity index (χ3v) is 4.30.